The first-order valence-corrected chi connectivity index (χ1v) is 5.98. The van der Waals surface area contributed by atoms with Crippen LogP contribution in [-0.2, 0) is 5.60 Å². The molecule has 2 atom stereocenters. The van der Waals surface area contributed by atoms with E-state index in [0.29, 0.717) is 6.04 Å². The van der Waals surface area contributed by atoms with Crippen molar-refractivity contribution in [2.24, 2.45) is 0 Å². The molecule has 0 bridgehead atoms. The third kappa shape index (κ3) is 1.82. The molecule has 2 rings (SSSR count). The van der Waals surface area contributed by atoms with Gasteiger partial charge in [-0.1, -0.05) is 6.92 Å². The number of aliphatic hydroxyl groups is 1. The van der Waals surface area contributed by atoms with Gasteiger partial charge in [0, 0.05) is 17.6 Å². The second-order valence-corrected chi connectivity index (χ2v) is 4.78. The predicted molar refractivity (Wildman–Crippen MR) is 57.3 cm³/mol. The molecule has 2 N–H and O–H groups in total. The van der Waals surface area contributed by atoms with Gasteiger partial charge in [0.15, 0.2) is 0 Å². The van der Waals surface area contributed by atoms with Gasteiger partial charge < -0.3 is 10.4 Å². The van der Waals surface area contributed by atoms with Gasteiger partial charge in [0.2, 0.25) is 0 Å². The third-order valence-corrected chi connectivity index (χ3v) is 3.85. The molecule has 1 aliphatic heterocycles. The molecule has 14 heavy (non-hydrogen) atoms. The predicted octanol–water partition coefficient (Wildman–Crippen LogP) is 1.49. The molecule has 4 heteroatoms. The topological polar surface area (TPSA) is 45.2 Å². The van der Waals surface area contributed by atoms with Gasteiger partial charge in [0.1, 0.15) is 10.6 Å². The minimum atomic E-state index is -0.680. The Morgan fingerprint density at radius 3 is 3.29 bits per heavy atom. The minimum Gasteiger partial charge on any atom is -0.383 e. The highest BCUT2D eigenvalue weighted by molar-refractivity contribution is 7.09. The van der Waals surface area contributed by atoms with E-state index in [2.05, 4.69) is 17.2 Å². The lowest BCUT2D eigenvalue weighted by Crippen LogP contribution is -2.46. The quantitative estimate of drug-likeness (QED) is 0.780. The van der Waals surface area contributed by atoms with Crippen LogP contribution in [0.2, 0.25) is 0 Å². The molecule has 2 unspecified atom stereocenters. The Bertz CT molecular complexity index is 288. The van der Waals surface area contributed by atoms with Crippen molar-refractivity contribution in [3.8, 4) is 0 Å². The number of thiazole rings is 1. The Morgan fingerprint density at radius 1 is 1.79 bits per heavy atom. The highest BCUT2D eigenvalue weighted by atomic mass is 32.1. The van der Waals surface area contributed by atoms with Gasteiger partial charge in [-0.2, -0.15) is 0 Å². The van der Waals surface area contributed by atoms with E-state index in [-0.39, 0.29) is 0 Å². The van der Waals surface area contributed by atoms with Crippen molar-refractivity contribution >= 4 is 11.3 Å². The third-order valence-electron chi connectivity index (χ3n) is 2.88. The summed E-state index contributed by atoms with van der Waals surface area (Å²) < 4.78 is 0. The molecule has 0 aromatic carbocycles. The summed E-state index contributed by atoms with van der Waals surface area (Å²) in [6.07, 6.45) is 4.39. The summed E-state index contributed by atoms with van der Waals surface area (Å²) in [5.41, 5.74) is -0.680. The number of hydrogen-bond donors (Lipinski definition) is 2. The summed E-state index contributed by atoms with van der Waals surface area (Å²) >= 11 is 1.55. The fourth-order valence-corrected chi connectivity index (χ4v) is 2.78. The monoisotopic (exact) mass is 212 g/mol. The summed E-state index contributed by atoms with van der Waals surface area (Å²) in [7, 11) is 0. The number of nitrogens with one attached hydrogen (secondary N) is 1. The lowest BCUT2D eigenvalue weighted by molar-refractivity contribution is -0.00959. The molecule has 0 saturated carbocycles. The first kappa shape index (κ1) is 10.1. The van der Waals surface area contributed by atoms with Gasteiger partial charge >= 0.3 is 0 Å². The normalized spacial score (nSPS) is 33.1. The molecule has 1 fully saturated rings. The van der Waals surface area contributed by atoms with Crippen LogP contribution in [0, 0.1) is 0 Å². The zero-order chi connectivity index (χ0) is 10.0. The van der Waals surface area contributed by atoms with E-state index in [4.69, 9.17) is 0 Å². The molecular formula is C10H16N2OS. The van der Waals surface area contributed by atoms with Crippen LogP contribution in [0.15, 0.2) is 11.6 Å². The largest absolute Gasteiger partial charge is 0.383 e. The van der Waals surface area contributed by atoms with Crippen LogP contribution < -0.4 is 5.32 Å². The molecule has 0 radical (unpaired) electrons. The van der Waals surface area contributed by atoms with Crippen molar-refractivity contribution in [3.05, 3.63) is 16.6 Å². The van der Waals surface area contributed by atoms with Crippen LogP contribution in [0.3, 0.4) is 0 Å². The Labute approximate surface area is 88.2 Å². The lowest BCUT2D eigenvalue weighted by atomic mass is 9.87. The average Bonchev–Trinajstić information content (AvgIpc) is 2.71. The molecule has 0 spiro atoms. The van der Waals surface area contributed by atoms with Crippen molar-refractivity contribution in [1.82, 2.24) is 10.3 Å². The maximum Gasteiger partial charge on any atom is 0.124 e. The van der Waals surface area contributed by atoms with Gasteiger partial charge in [0.05, 0.1) is 0 Å². The molecule has 78 valence electrons. The second-order valence-electron chi connectivity index (χ2n) is 3.88. The average molecular weight is 212 g/mol. The molecule has 1 aliphatic rings. The summed E-state index contributed by atoms with van der Waals surface area (Å²) in [5.74, 6) is 0. The van der Waals surface area contributed by atoms with E-state index in [9.17, 15) is 5.11 Å². The summed E-state index contributed by atoms with van der Waals surface area (Å²) in [6, 6.07) is 0.428. The Morgan fingerprint density at radius 2 is 2.64 bits per heavy atom. The first-order valence-electron chi connectivity index (χ1n) is 5.10. The molecule has 0 amide bonds. The zero-order valence-electron chi connectivity index (χ0n) is 8.36. The molecule has 3 nitrogen and oxygen atoms in total. The lowest BCUT2D eigenvalue weighted by Gasteiger charge is -2.35. The number of piperidine rings is 1. The summed E-state index contributed by atoms with van der Waals surface area (Å²) in [4.78, 5) is 4.22. The smallest absolute Gasteiger partial charge is 0.124 e. The van der Waals surface area contributed by atoms with Gasteiger partial charge in [-0.25, -0.2) is 4.98 Å². The Hall–Kier alpha value is -0.450. The highest BCUT2D eigenvalue weighted by Crippen LogP contribution is 2.34. The molecule has 1 aromatic heterocycles. The number of aromatic nitrogens is 1. The molecule has 0 aliphatic carbocycles. The van der Waals surface area contributed by atoms with Gasteiger partial charge in [-0.3, -0.25) is 0 Å². The van der Waals surface area contributed by atoms with Crippen LogP contribution in [0.5, 0.6) is 0 Å². The Kier molecular flexibility index (Phi) is 2.85. The highest BCUT2D eigenvalue weighted by Gasteiger charge is 2.37. The van der Waals surface area contributed by atoms with Crippen molar-refractivity contribution < 1.29 is 5.11 Å². The number of hydrogen-bond acceptors (Lipinski definition) is 4. The number of nitrogens with zero attached hydrogens (tertiary/aromatic N) is 1. The van der Waals surface area contributed by atoms with Crippen LogP contribution in [0.25, 0.3) is 0 Å². The molecule has 1 aromatic rings. The Balaban J connectivity index is 2.15. The fourth-order valence-electron chi connectivity index (χ4n) is 2.00. The molecular weight excluding hydrogens is 196 g/mol. The zero-order valence-corrected chi connectivity index (χ0v) is 9.18. The first-order chi connectivity index (χ1) is 6.74. The van der Waals surface area contributed by atoms with Gasteiger partial charge in [0.25, 0.3) is 0 Å². The van der Waals surface area contributed by atoms with Crippen LogP contribution in [0.4, 0.5) is 0 Å². The van der Waals surface area contributed by atoms with Crippen molar-refractivity contribution in [2.45, 2.75) is 37.8 Å². The molecule has 2 heterocycles. The van der Waals surface area contributed by atoms with Crippen LogP contribution >= 0.6 is 11.3 Å². The number of rotatable bonds is 2. The maximum atomic E-state index is 10.4. The van der Waals surface area contributed by atoms with E-state index in [1.807, 2.05) is 5.38 Å². The minimum absolute atomic E-state index is 0.428. The second kappa shape index (κ2) is 3.96. The van der Waals surface area contributed by atoms with Gasteiger partial charge in [-0.15, -0.1) is 11.3 Å². The van der Waals surface area contributed by atoms with Crippen LogP contribution in [-0.4, -0.2) is 22.7 Å². The van der Waals surface area contributed by atoms with E-state index in [1.165, 1.54) is 0 Å². The van der Waals surface area contributed by atoms with Crippen molar-refractivity contribution in [2.75, 3.05) is 6.54 Å². The molecule has 1 saturated heterocycles. The van der Waals surface area contributed by atoms with Gasteiger partial charge in [-0.05, 0) is 25.8 Å². The summed E-state index contributed by atoms with van der Waals surface area (Å²) in [5, 5.41) is 16.6. The van der Waals surface area contributed by atoms with E-state index >= 15 is 0 Å². The van der Waals surface area contributed by atoms with E-state index in [0.717, 1.165) is 30.8 Å². The van der Waals surface area contributed by atoms with Crippen molar-refractivity contribution in [3.63, 3.8) is 0 Å². The SMILES string of the molecule is CCC1CC(O)(c2nccs2)CCN1. The standard InChI is InChI=1S/C10H16N2OS/c1-2-8-7-10(13,3-4-11-8)9-12-5-6-14-9/h5-6,8,11,13H,2-4,7H2,1H3. The summed E-state index contributed by atoms with van der Waals surface area (Å²) in [6.45, 7) is 3.03. The van der Waals surface area contributed by atoms with E-state index < -0.39 is 5.60 Å². The van der Waals surface area contributed by atoms with E-state index in [1.54, 1.807) is 17.5 Å². The fraction of sp³-hybridized carbons (Fsp3) is 0.700. The van der Waals surface area contributed by atoms with Crippen LogP contribution in [0.1, 0.15) is 31.2 Å². The van der Waals surface area contributed by atoms with Crippen molar-refractivity contribution in [1.29, 1.82) is 0 Å². The maximum absolute atomic E-state index is 10.4.